The molecule has 0 radical (unpaired) electrons. The highest BCUT2D eigenvalue weighted by molar-refractivity contribution is 7.92. The lowest BCUT2D eigenvalue weighted by atomic mass is 10.3. The molecule has 0 aliphatic carbocycles. The molecule has 0 saturated heterocycles. The first-order valence-corrected chi connectivity index (χ1v) is 6.92. The molecule has 19 heavy (non-hydrogen) atoms. The SMILES string of the molecule is COCCCNc1ccccc1S(=O)(=O)C(F)(F)F. The quantitative estimate of drug-likeness (QED) is 0.819. The second-order valence-electron chi connectivity index (χ2n) is 3.72. The van der Waals surface area contributed by atoms with Crippen molar-refractivity contribution in [3.05, 3.63) is 24.3 Å². The molecule has 0 spiro atoms. The van der Waals surface area contributed by atoms with E-state index < -0.39 is 20.2 Å². The van der Waals surface area contributed by atoms with E-state index in [1.165, 1.54) is 25.3 Å². The minimum atomic E-state index is -5.34. The number of nitrogens with one attached hydrogen (secondary N) is 1. The highest BCUT2D eigenvalue weighted by Crippen LogP contribution is 2.34. The molecule has 1 aromatic carbocycles. The average Bonchev–Trinajstić information content (AvgIpc) is 2.34. The summed E-state index contributed by atoms with van der Waals surface area (Å²) in [6, 6.07) is 4.94. The van der Waals surface area contributed by atoms with Crippen molar-refractivity contribution in [2.24, 2.45) is 0 Å². The van der Waals surface area contributed by atoms with Crippen LogP contribution in [0, 0.1) is 0 Å². The van der Waals surface area contributed by atoms with Crippen LogP contribution in [-0.4, -0.2) is 34.2 Å². The topological polar surface area (TPSA) is 55.4 Å². The Balaban J connectivity index is 2.97. The van der Waals surface area contributed by atoms with Crippen LogP contribution in [0.25, 0.3) is 0 Å². The Labute approximate surface area is 109 Å². The van der Waals surface area contributed by atoms with E-state index in [0.29, 0.717) is 19.6 Å². The summed E-state index contributed by atoms with van der Waals surface area (Å²) in [4.78, 5) is -0.764. The summed E-state index contributed by atoms with van der Waals surface area (Å²) >= 11 is 0. The smallest absolute Gasteiger partial charge is 0.385 e. The summed E-state index contributed by atoms with van der Waals surface area (Å²) in [5.41, 5.74) is -5.37. The largest absolute Gasteiger partial charge is 0.501 e. The summed E-state index contributed by atoms with van der Waals surface area (Å²) < 4.78 is 65.1. The van der Waals surface area contributed by atoms with Crippen LogP contribution in [0.4, 0.5) is 18.9 Å². The number of hydrogen-bond donors (Lipinski definition) is 1. The maximum atomic E-state index is 12.5. The maximum Gasteiger partial charge on any atom is 0.501 e. The fourth-order valence-electron chi connectivity index (χ4n) is 1.41. The van der Waals surface area contributed by atoms with Crippen molar-refractivity contribution >= 4 is 15.5 Å². The van der Waals surface area contributed by atoms with E-state index in [0.717, 1.165) is 6.07 Å². The van der Waals surface area contributed by atoms with Gasteiger partial charge in [0.05, 0.1) is 10.6 Å². The minimum Gasteiger partial charge on any atom is -0.385 e. The summed E-state index contributed by atoms with van der Waals surface area (Å²) in [6.45, 7) is 0.749. The zero-order valence-electron chi connectivity index (χ0n) is 10.2. The molecule has 0 bridgehead atoms. The van der Waals surface area contributed by atoms with E-state index in [1.54, 1.807) is 0 Å². The predicted octanol–water partition coefficient (Wildman–Crippen LogP) is 2.43. The number of rotatable bonds is 6. The third-order valence-corrected chi connectivity index (χ3v) is 3.87. The van der Waals surface area contributed by atoms with Crippen molar-refractivity contribution in [2.75, 3.05) is 25.6 Å². The Kier molecular flexibility index (Phi) is 5.19. The molecule has 0 aliphatic heterocycles. The number of methoxy groups -OCH3 is 1. The van der Waals surface area contributed by atoms with Crippen molar-refractivity contribution < 1.29 is 26.3 Å². The molecule has 0 atom stereocenters. The van der Waals surface area contributed by atoms with Gasteiger partial charge in [0.1, 0.15) is 0 Å². The van der Waals surface area contributed by atoms with Gasteiger partial charge >= 0.3 is 5.51 Å². The lowest BCUT2D eigenvalue weighted by Gasteiger charge is -2.13. The van der Waals surface area contributed by atoms with E-state index in [1.807, 2.05) is 0 Å². The number of hydrogen-bond acceptors (Lipinski definition) is 4. The first kappa shape index (κ1) is 15.8. The van der Waals surface area contributed by atoms with Crippen molar-refractivity contribution in [1.29, 1.82) is 0 Å². The Bertz CT molecular complexity index is 514. The highest BCUT2D eigenvalue weighted by atomic mass is 32.2. The lowest BCUT2D eigenvalue weighted by molar-refractivity contribution is -0.0435. The van der Waals surface area contributed by atoms with Crippen LogP contribution in [0.1, 0.15) is 6.42 Å². The third kappa shape index (κ3) is 3.84. The molecule has 4 nitrogen and oxygen atoms in total. The van der Waals surface area contributed by atoms with Gasteiger partial charge in [-0.25, -0.2) is 8.42 Å². The van der Waals surface area contributed by atoms with Gasteiger partial charge in [-0.15, -0.1) is 0 Å². The summed E-state index contributed by atoms with van der Waals surface area (Å²) in [7, 11) is -3.84. The lowest BCUT2D eigenvalue weighted by Crippen LogP contribution is -2.24. The van der Waals surface area contributed by atoms with Gasteiger partial charge in [0.2, 0.25) is 0 Å². The minimum absolute atomic E-state index is 0.0593. The molecule has 0 unspecified atom stereocenters. The monoisotopic (exact) mass is 297 g/mol. The fourth-order valence-corrected chi connectivity index (χ4v) is 2.35. The maximum absolute atomic E-state index is 12.5. The molecule has 1 aromatic rings. The van der Waals surface area contributed by atoms with Crippen molar-refractivity contribution in [1.82, 2.24) is 0 Å². The second-order valence-corrected chi connectivity index (χ2v) is 5.63. The zero-order chi connectivity index (χ0) is 14.5. The van der Waals surface area contributed by atoms with Crippen molar-refractivity contribution in [2.45, 2.75) is 16.8 Å². The van der Waals surface area contributed by atoms with E-state index in [4.69, 9.17) is 4.74 Å². The molecule has 0 fully saturated rings. The van der Waals surface area contributed by atoms with Crippen LogP contribution >= 0.6 is 0 Å². The molecule has 0 saturated carbocycles. The van der Waals surface area contributed by atoms with Crippen LogP contribution in [0.2, 0.25) is 0 Å². The first-order valence-electron chi connectivity index (χ1n) is 5.44. The molecule has 8 heteroatoms. The van der Waals surface area contributed by atoms with Crippen molar-refractivity contribution in [3.63, 3.8) is 0 Å². The standard InChI is InChI=1S/C11H14F3NO3S/c1-18-8-4-7-15-9-5-2-3-6-10(9)19(16,17)11(12,13)14/h2-3,5-6,15H,4,7-8H2,1H3. The number of anilines is 1. The number of benzene rings is 1. The Morgan fingerprint density at radius 2 is 1.89 bits per heavy atom. The number of sulfone groups is 1. The summed E-state index contributed by atoms with van der Waals surface area (Å²) in [5.74, 6) is 0. The van der Waals surface area contributed by atoms with Gasteiger partial charge in [0.15, 0.2) is 0 Å². The second kappa shape index (κ2) is 6.25. The Hall–Kier alpha value is -1.28. The predicted molar refractivity (Wildman–Crippen MR) is 64.7 cm³/mol. The number of alkyl halides is 3. The number of halogens is 3. The average molecular weight is 297 g/mol. The molecule has 0 aliphatic rings. The molecule has 1 N–H and O–H groups in total. The number of para-hydroxylation sites is 1. The van der Waals surface area contributed by atoms with Crippen molar-refractivity contribution in [3.8, 4) is 0 Å². The van der Waals surface area contributed by atoms with Gasteiger partial charge < -0.3 is 10.1 Å². The molecule has 0 aromatic heterocycles. The molecular weight excluding hydrogens is 283 g/mol. The summed E-state index contributed by atoms with van der Waals surface area (Å²) in [5, 5.41) is 2.67. The van der Waals surface area contributed by atoms with Crippen LogP contribution in [0.3, 0.4) is 0 Å². The van der Waals surface area contributed by atoms with E-state index in [-0.39, 0.29) is 5.69 Å². The molecule has 0 amide bonds. The van der Waals surface area contributed by atoms with E-state index in [2.05, 4.69) is 5.32 Å². The first-order chi connectivity index (χ1) is 8.80. The molecule has 108 valence electrons. The Morgan fingerprint density at radius 1 is 1.26 bits per heavy atom. The van der Waals surface area contributed by atoms with Gasteiger partial charge in [-0.3, -0.25) is 0 Å². The molecule has 1 rings (SSSR count). The van der Waals surface area contributed by atoms with Gasteiger partial charge in [0.25, 0.3) is 9.84 Å². The van der Waals surface area contributed by atoms with Crippen LogP contribution < -0.4 is 5.32 Å². The highest BCUT2D eigenvalue weighted by Gasteiger charge is 2.47. The van der Waals surface area contributed by atoms with Gasteiger partial charge in [-0.2, -0.15) is 13.2 Å². The van der Waals surface area contributed by atoms with Gasteiger partial charge in [-0.05, 0) is 18.6 Å². The Morgan fingerprint density at radius 3 is 2.47 bits per heavy atom. The molecule has 0 heterocycles. The number of ether oxygens (including phenoxy) is 1. The van der Waals surface area contributed by atoms with E-state index in [9.17, 15) is 21.6 Å². The van der Waals surface area contributed by atoms with Crippen LogP contribution in [0.5, 0.6) is 0 Å². The van der Waals surface area contributed by atoms with Gasteiger partial charge in [0, 0.05) is 20.3 Å². The normalized spacial score (nSPS) is 12.4. The fraction of sp³-hybridized carbons (Fsp3) is 0.455. The van der Waals surface area contributed by atoms with Crippen LogP contribution in [0.15, 0.2) is 29.2 Å². The summed E-state index contributed by atoms with van der Waals surface area (Å²) in [6.07, 6.45) is 0.552. The zero-order valence-corrected chi connectivity index (χ0v) is 11.0. The van der Waals surface area contributed by atoms with Crippen LogP contribution in [-0.2, 0) is 14.6 Å². The molecular formula is C11H14F3NO3S. The van der Waals surface area contributed by atoms with Gasteiger partial charge in [-0.1, -0.05) is 12.1 Å². The third-order valence-electron chi connectivity index (χ3n) is 2.32. The van der Waals surface area contributed by atoms with E-state index >= 15 is 0 Å².